The summed E-state index contributed by atoms with van der Waals surface area (Å²) in [5, 5.41) is 7.07. The molecule has 2 rings (SSSR count). The SMILES string of the molecule is COc1ccc(C=NNC(=O)C(C)Nc2ccc(Br)cc2)cc1. The zero-order valence-corrected chi connectivity index (χ0v) is 14.5. The summed E-state index contributed by atoms with van der Waals surface area (Å²) >= 11 is 3.37. The molecule has 5 nitrogen and oxygen atoms in total. The van der Waals surface area contributed by atoms with Crippen LogP contribution in [0.25, 0.3) is 0 Å². The second-order valence-electron chi connectivity index (χ2n) is 4.88. The van der Waals surface area contributed by atoms with E-state index in [4.69, 9.17) is 4.74 Å². The van der Waals surface area contributed by atoms with Gasteiger partial charge in [-0.2, -0.15) is 5.10 Å². The van der Waals surface area contributed by atoms with Crippen molar-refractivity contribution >= 4 is 33.7 Å². The van der Waals surface area contributed by atoms with Crippen LogP contribution in [0.15, 0.2) is 58.1 Å². The maximum atomic E-state index is 12.0. The third kappa shape index (κ3) is 5.41. The predicted octanol–water partition coefficient (Wildman–Crippen LogP) is 3.41. The first-order valence-corrected chi connectivity index (χ1v) is 7.87. The second-order valence-corrected chi connectivity index (χ2v) is 5.80. The molecule has 2 aromatic carbocycles. The molecule has 0 aliphatic heterocycles. The van der Waals surface area contributed by atoms with E-state index >= 15 is 0 Å². The van der Waals surface area contributed by atoms with E-state index in [0.717, 1.165) is 21.5 Å². The standard InChI is InChI=1S/C17H18BrN3O2/c1-12(20-15-7-5-14(18)6-8-15)17(22)21-19-11-13-3-9-16(23-2)10-4-13/h3-12,20H,1-2H3,(H,21,22). The van der Waals surface area contributed by atoms with Crippen LogP contribution in [0.5, 0.6) is 5.75 Å². The fourth-order valence-electron chi connectivity index (χ4n) is 1.82. The summed E-state index contributed by atoms with van der Waals surface area (Å²) in [4.78, 5) is 12.0. The van der Waals surface area contributed by atoms with E-state index in [9.17, 15) is 4.79 Å². The van der Waals surface area contributed by atoms with Crippen LogP contribution < -0.4 is 15.5 Å². The molecule has 2 N–H and O–H groups in total. The average molecular weight is 376 g/mol. The third-order valence-corrected chi connectivity index (χ3v) is 3.65. The van der Waals surface area contributed by atoms with Gasteiger partial charge in [0.25, 0.3) is 5.91 Å². The molecule has 0 saturated carbocycles. The topological polar surface area (TPSA) is 62.7 Å². The van der Waals surface area contributed by atoms with Crippen molar-refractivity contribution in [3.05, 3.63) is 58.6 Å². The molecular formula is C17H18BrN3O2. The van der Waals surface area contributed by atoms with E-state index in [1.165, 1.54) is 0 Å². The van der Waals surface area contributed by atoms with Crippen molar-refractivity contribution in [2.24, 2.45) is 5.10 Å². The van der Waals surface area contributed by atoms with Crippen molar-refractivity contribution in [3.8, 4) is 5.75 Å². The number of nitrogens with one attached hydrogen (secondary N) is 2. The van der Waals surface area contributed by atoms with Gasteiger partial charge < -0.3 is 10.1 Å². The van der Waals surface area contributed by atoms with Crippen LogP contribution in [0.2, 0.25) is 0 Å². The minimum atomic E-state index is -0.399. The number of ether oxygens (including phenoxy) is 1. The zero-order chi connectivity index (χ0) is 16.7. The highest BCUT2D eigenvalue weighted by molar-refractivity contribution is 9.10. The van der Waals surface area contributed by atoms with Gasteiger partial charge in [0.2, 0.25) is 0 Å². The summed E-state index contributed by atoms with van der Waals surface area (Å²) in [7, 11) is 1.61. The van der Waals surface area contributed by atoms with Crippen molar-refractivity contribution in [2.45, 2.75) is 13.0 Å². The molecule has 0 aliphatic rings. The molecular weight excluding hydrogens is 358 g/mol. The van der Waals surface area contributed by atoms with Gasteiger partial charge in [0, 0.05) is 10.2 Å². The minimum absolute atomic E-state index is 0.210. The maximum absolute atomic E-state index is 12.0. The van der Waals surface area contributed by atoms with Crippen LogP contribution in [0, 0.1) is 0 Å². The summed E-state index contributed by atoms with van der Waals surface area (Å²) in [5.74, 6) is 0.566. The maximum Gasteiger partial charge on any atom is 0.262 e. The van der Waals surface area contributed by atoms with Crippen LogP contribution in [0.1, 0.15) is 12.5 Å². The molecule has 0 aliphatic carbocycles. The van der Waals surface area contributed by atoms with E-state index in [1.54, 1.807) is 20.2 Å². The number of amides is 1. The summed E-state index contributed by atoms with van der Waals surface area (Å²) in [5.41, 5.74) is 4.26. The Morgan fingerprint density at radius 1 is 1.17 bits per heavy atom. The molecule has 1 amide bonds. The first-order chi connectivity index (χ1) is 11.1. The van der Waals surface area contributed by atoms with Crippen molar-refractivity contribution in [3.63, 3.8) is 0 Å². The Balaban J connectivity index is 1.85. The second kappa shape index (κ2) is 8.33. The van der Waals surface area contributed by atoms with Crippen molar-refractivity contribution < 1.29 is 9.53 Å². The van der Waals surface area contributed by atoms with Crippen LogP contribution in [-0.4, -0.2) is 25.3 Å². The number of nitrogens with zero attached hydrogens (tertiary/aromatic N) is 1. The van der Waals surface area contributed by atoms with Crippen molar-refractivity contribution in [1.82, 2.24) is 5.43 Å². The van der Waals surface area contributed by atoms with Crippen LogP contribution in [0.3, 0.4) is 0 Å². The summed E-state index contributed by atoms with van der Waals surface area (Å²) < 4.78 is 6.07. The highest BCUT2D eigenvalue weighted by Gasteiger charge is 2.11. The number of anilines is 1. The van der Waals surface area contributed by atoms with Gasteiger partial charge in [0.15, 0.2) is 0 Å². The van der Waals surface area contributed by atoms with E-state index in [-0.39, 0.29) is 5.91 Å². The zero-order valence-electron chi connectivity index (χ0n) is 12.9. The van der Waals surface area contributed by atoms with Gasteiger partial charge in [-0.25, -0.2) is 5.43 Å². The highest BCUT2D eigenvalue weighted by Crippen LogP contribution is 2.14. The Morgan fingerprint density at radius 3 is 2.43 bits per heavy atom. The number of methoxy groups -OCH3 is 1. The average Bonchev–Trinajstić information content (AvgIpc) is 2.57. The molecule has 0 spiro atoms. The Kier molecular flexibility index (Phi) is 6.17. The largest absolute Gasteiger partial charge is 0.497 e. The van der Waals surface area contributed by atoms with E-state index in [1.807, 2.05) is 48.5 Å². The van der Waals surface area contributed by atoms with Crippen LogP contribution >= 0.6 is 15.9 Å². The van der Waals surface area contributed by atoms with Gasteiger partial charge in [-0.15, -0.1) is 0 Å². The number of carbonyl (C=O) groups excluding carboxylic acids is 1. The van der Waals surface area contributed by atoms with Gasteiger partial charge in [-0.3, -0.25) is 4.79 Å². The number of hydrazone groups is 1. The molecule has 6 heteroatoms. The Bertz CT molecular complexity index is 669. The monoisotopic (exact) mass is 375 g/mol. The number of benzene rings is 2. The molecule has 23 heavy (non-hydrogen) atoms. The lowest BCUT2D eigenvalue weighted by Gasteiger charge is -2.13. The molecule has 2 aromatic rings. The van der Waals surface area contributed by atoms with E-state index in [0.29, 0.717) is 0 Å². The lowest BCUT2D eigenvalue weighted by Crippen LogP contribution is -2.34. The van der Waals surface area contributed by atoms with Crippen LogP contribution in [0.4, 0.5) is 5.69 Å². The molecule has 120 valence electrons. The summed E-state index contributed by atoms with van der Waals surface area (Å²) in [6.07, 6.45) is 1.59. The fourth-order valence-corrected chi connectivity index (χ4v) is 2.08. The number of hydrogen-bond acceptors (Lipinski definition) is 4. The van der Waals surface area contributed by atoms with Gasteiger partial charge in [-0.1, -0.05) is 15.9 Å². The molecule has 0 aromatic heterocycles. The number of carbonyl (C=O) groups is 1. The lowest BCUT2D eigenvalue weighted by molar-refractivity contribution is -0.121. The van der Waals surface area contributed by atoms with Crippen molar-refractivity contribution in [2.75, 3.05) is 12.4 Å². The van der Waals surface area contributed by atoms with Crippen LogP contribution in [-0.2, 0) is 4.79 Å². The van der Waals surface area contributed by atoms with Crippen molar-refractivity contribution in [1.29, 1.82) is 0 Å². The number of hydrogen-bond donors (Lipinski definition) is 2. The van der Waals surface area contributed by atoms with Gasteiger partial charge in [-0.05, 0) is 61.0 Å². The summed E-state index contributed by atoms with van der Waals surface area (Å²) in [6.45, 7) is 1.78. The lowest BCUT2D eigenvalue weighted by atomic mass is 10.2. The molecule has 0 fully saturated rings. The quantitative estimate of drug-likeness (QED) is 0.600. The molecule has 1 unspecified atom stereocenters. The number of halogens is 1. The first-order valence-electron chi connectivity index (χ1n) is 7.07. The minimum Gasteiger partial charge on any atom is -0.497 e. The molecule has 0 saturated heterocycles. The highest BCUT2D eigenvalue weighted by atomic mass is 79.9. The third-order valence-electron chi connectivity index (χ3n) is 3.12. The molecule has 1 atom stereocenters. The first kappa shape index (κ1) is 17.0. The molecule has 0 heterocycles. The number of rotatable bonds is 6. The normalized spacial score (nSPS) is 12.0. The van der Waals surface area contributed by atoms with Gasteiger partial charge >= 0.3 is 0 Å². The predicted molar refractivity (Wildman–Crippen MR) is 96.0 cm³/mol. The molecule has 0 bridgehead atoms. The Labute approximate surface area is 143 Å². The molecule has 0 radical (unpaired) electrons. The van der Waals surface area contributed by atoms with Gasteiger partial charge in [0.05, 0.1) is 13.3 Å². The van der Waals surface area contributed by atoms with E-state index < -0.39 is 6.04 Å². The van der Waals surface area contributed by atoms with Gasteiger partial charge in [0.1, 0.15) is 11.8 Å². The Hall–Kier alpha value is -2.34. The Morgan fingerprint density at radius 2 is 1.83 bits per heavy atom. The van der Waals surface area contributed by atoms with E-state index in [2.05, 4.69) is 31.8 Å². The fraction of sp³-hybridized carbons (Fsp3) is 0.176. The summed E-state index contributed by atoms with van der Waals surface area (Å²) in [6, 6.07) is 14.6. The smallest absolute Gasteiger partial charge is 0.262 e.